The summed E-state index contributed by atoms with van der Waals surface area (Å²) in [7, 11) is 1.69. The predicted molar refractivity (Wildman–Crippen MR) is 55.2 cm³/mol. The number of hydrogen-bond donors (Lipinski definition) is 2. The lowest BCUT2D eigenvalue weighted by Crippen LogP contribution is -2.04. The standard InChI is InChI=1S/C9H12N2O4/c1-10-8-3-2-7(11(13)14)6-9(8)15-5-4-12/h2-3,6,10,12H,4-5H2,1H3. The summed E-state index contributed by atoms with van der Waals surface area (Å²) in [4.78, 5) is 10.0. The van der Waals surface area contributed by atoms with Gasteiger partial charge >= 0.3 is 0 Å². The Kier molecular flexibility index (Phi) is 3.87. The molecular weight excluding hydrogens is 200 g/mol. The van der Waals surface area contributed by atoms with Gasteiger partial charge in [-0.2, -0.15) is 0 Å². The molecule has 1 rings (SSSR count). The van der Waals surface area contributed by atoms with Crippen LogP contribution in [0.3, 0.4) is 0 Å². The average molecular weight is 212 g/mol. The number of anilines is 1. The lowest BCUT2D eigenvalue weighted by atomic mass is 10.2. The average Bonchev–Trinajstić information content (AvgIpc) is 2.25. The van der Waals surface area contributed by atoms with Crippen LogP contribution in [0.15, 0.2) is 18.2 Å². The molecule has 0 aliphatic rings. The fourth-order valence-corrected chi connectivity index (χ4v) is 1.11. The maximum absolute atomic E-state index is 10.5. The summed E-state index contributed by atoms with van der Waals surface area (Å²) in [6.45, 7) is -0.0261. The van der Waals surface area contributed by atoms with E-state index in [4.69, 9.17) is 9.84 Å². The molecule has 0 fully saturated rings. The predicted octanol–water partition coefficient (Wildman–Crippen LogP) is 1.01. The highest BCUT2D eigenvalue weighted by molar-refractivity contribution is 5.60. The summed E-state index contributed by atoms with van der Waals surface area (Å²) in [6, 6.07) is 4.27. The molecule has 0 radical (unpaired) electrons. The third kappa shape index (κ3) is 2.81. The van der Waals surface area contributed by atoms with Crippen LogP contribution in [0.25, 0.3) is 0 Å². The van der Waals surface area contributed by atoms with Gasteiger partial charge in [0.2, 0.25) is 0 Å². The molecule has 1 aromatic rings. The van der Waals surface area contributed by atoms with Crippen LogP contribution in [0.4, 0.5) is 11.4 Å². The van der Waals surface area contributed by atoms with Crippen LogP contribution >= 0.6 is 0 Å². The van der Waals surface area contributed by atoms with Crippen molar-refractivity contribution in [3.05, 3.63) is 28.3 Å². The molecule has 1 aromatic carbocycles. The first-order chi connectivity index (χ1) is 7.19. The molecular formula is C9H12N2O4. The zero-order valence-electron chi connectivity index (χ0n) is 8.27. The topological polar surface area (TPSA) is 84.6 Å². The van der Waals surface area contributed by atoms with Crippen molar-refractivity contribution in [2.45, 2.75) is 0 Å². The molecule has 0 heterocycles. The highest BCUT2D eigenvalue weighted by Gasteiger charge is 2.10. The number of aliphatic hydroxyl groups excluding tert-OH is 1. The van der Waals surface area contributed by atoms with Crippen LogP contribution in [0.2, 0.25) is 0 Å². The van der Waals surface area contributed by atoms with E-state index in [0.717, 1.165) is 0 Å². The van der Waals surface area contributed by atoms with Crippen LogP contribution in [-0.4, -0.2) is 30.3 Å². The van der Waals surface area contributed by atoms with E-state index in [0.29, 0.717) is 11.4 Å². The van der Waals surface area contributed by atoms with E-state index in [-0.39, 0.29) is 18.9 Å². The van der Waals surface area contributed by atoms with Gasteiger partial charge in [0.1, 0.15) is 12.4 Å². The summed E-state index contributed by atoms with van der Waals surface area (Å²) in [5, 5.41) is 21.9. The largest absolute Gasteiger partial charge is 0.489 e. The molecule has 0 aliphatic heterocycles. The SMILES string of the molecule is CNc1ccc([N+](=O)[O-])cc1OCCO. The molecule has 6 nitrogen and oxygen atoms in total. The molecule has 0 saturated heterocycles. The van der Waals surface area contributed by atoms with Crippen molar-refractivity contribution in [2.24, 2.45) is 0 Å². The van der Waals surface area contributed by atoms with Gasteiger partial charge in [0.15, 0.2) is 0 Å². The number of nitro benzene ring substituents is 1. The van der Waals surface area contributed by atoms with Crippen LogP contribution < -0.4 is 10.1 Å². The van der Waals surface area contributed by atoms with E-state index in [1.165, 1.54) is 12.1 Å². The first-order valence-electron chi connectivity index (χ1n) is 4.39. The van der Waals surface area contributed by atoms with Crippen LogP contribution in [0.1, 0.15) is 0 Å². The van der Waals surface area contributed by atoms with Gasteiger partial charge < -0.3 is 15.2 Å². The third-order valence-electron chi connectivity index (χ3n) is 1.79. The maximum Gasteiger partial charge on any atom is 0.273 e. The van der Waals surface area contributed by atoms with E-state index in [9.17, 15) is 10.1 Å². The highest BCUT2D eigenvalue weighted by atomic mass is 16.6. The number of nitrogens with one attached hydrogen (secondary N) is 1. The summed E-state index contributed by atoms with van der Waals surface area (Å²) >= 11 is 0. The van der Waals surface area contributed by atoms with E-state index < -0.39 is 4.92 Å². The number of ether oxygens (including phenoxy) is 1. The van der Waals surface area contributed by atoms with E-state index >= 15 is 0 Å². The third-order valence-corrected chi connectivity index (χ3v) is 1.79. The van der Waals surface area contributed by atoms with Crippen molar-refractivity contribution in [3.8, 4) is 5.75 Å². The van der Waals surface area contributed by atoms with Crippen molar-refractivity contribution < 1.29 is 14.8 Å². The molecule has 0 atom stereocenters. The molecule has 0 saturated carbocycles. The molecule has 2 N–H and O–H groups in total. The molecule has 0 amide bonds. The summed E-state index contributed by atoms with van der Waals surface area (Å²) < 4.78 is 5.15. The molecule has 0 bridgehead atoms. The van der Waals surface area contributed by atoms with Gasteiger partial charge in [0, 0.05) is 13.1 Å². The van der Waals surface area contributed by atoms with Gasteiger partial charge in [-0.3, -0.25) is 10.1 Å². The molecule has 0 aliphatic carbocycles. The smallest absolute Gasteiger partial charge is 0.273 e. The van der Waals surface area contributed by atoms with Crippen LogP contribution in [0.5, 0.6) is 5.75 Å². The lowest BCUT2D eigenvalue weighted by molar-refractivity contribution is -0.384. The van der Waals surface area contributed by atoms with Crippen molar-refractivity contribution in [1.29, 1.82) is 0 Å². The Hall–Kier alpha value is -1.82. The number of hydrogen-bond acceptors (Lipinski definition) is 5. The molecule has 6 heteroatoms. The first kappa shape index (κ1) is 11.3. The fourth-order valence-electron chi connectivity index (χ4n) is 1.11. The number of benzene rings is 1. The van der Waals surface area contributed by atoms with Crippen LogP contribution in [-0.2, 0) is 0 Å². The minimum atomic E-state index is -0.495. The lowest BCUT2D eigenvalue weighted by Gasteiger charge is -2.09. The molecule has 0 spiro atoms. The monoisotopic (exact) mass is 212 g/mol. The number of non-ortho nitro benzene ring substituents is 1. The second-order valence-corrected chi connectivity index (χ2v) is 2.76. The van der Waals surface area contributed by atoms with Crippen molar-refractivity contribution >= 4 is 11.4 Å². The van der Waals surface area contributed by atoms with Crippen molar-refractivity contribution in [2.75, 3.05) is 25.6 Å². The van der Waals surface area contributed by atoms with Crippen LogP contribution in [0, 0.1) is 10.1 Å². The Labute approximate surface area is 86.6 Å². The van der Waals surface area contributed by atoms with Gasteiger partial charge in [-0.15, -0.1) is 0 Å². The van der Waals surface area contributed by atoms with E-state index in [1.807, 2.05) is 0 Å². The van der Waals surface area contributed by atoms with E-state index in [1.54, 1.807) is 13.1 Å². The quantitative estimate of drug-likeness (QED) is 0.562. The maximum atomic E-state index is 10.5. The molecule has 0 aromatic heterocycles. The minimum absolute atomic E-state index is 0.0399. The Morgan fingerprint density at radius 1 is 1.60 bits per heavy atom. The minimum Gasteiger partial charge on any atom is -0.489 e. The zero-order chi connectivity index (χ0) is 11.3. The van der Waals surface area contributed by atoms with Gasteiger partial charge in [-0.05, 0) is 6.07 Å². The van der Waals surface area contributed by atoms with Gasteiger partial charge in [-0.1, -0.05) is 0 Å². The number of nitro groups is 1. The Balaban J connectivity index is 2.96. The van der Waals surface area contributed by atoms with Crippen molar-refractivity contribution in [1.82, 2.24) is 0 Å². The Morgan fingerprint density at radius 2 is 2.33 bits per heavy atom. The summed E-state index contributed by atoms with van der Waals surface area (Å²) in [5.41, 5.74) is 0.607. The summed E-state index contributed by atoms with van der Waals surface area (Å²) in [5.74, 6) is 0.362. The molecule has 82 valence electrons. The van der Waals surface area contributed by atoms with Gasteiger partial charge in [-0.25, -0.2) is 0 Å². The van der Waals surface area contributed by atoms with E-state index in [2.05, 4.69) is 5.32 Å². The molecule has 0 unspecified atom stereocenters. The Morgan fingerprint density at radius 3 is 2.87 bits per heavy atom. The summed E-state index contributed by atoms with van der Waals surface area (Å²) in [6.07, 6.45) is 0. The normalized spacial score (nSPS) is 9.73. The van der Waals surface area contributed by atoms with Crippen molar-refractivity contribution in [3.63, 3.8) is 0 Å². The Bertz CT molecular complexity index is 354. The molecule has 15 heavy (non-hydrogen) atoms. The number of nitrogens with zero attached hydrogens (tertiary/aromatic N) is 1. The zero-order valence-corrected chi connectivity index (χ0v) is 8.27. The highest BCUT2D eigenvalue weighted by Crippen LogP contribution is 2.28. The second kappa shape index (κ2) is 5.16. The van der Waals surface area contributed by atoms with Gasteiger partial charge in [0.25, 0.3) is 5.69 Å². The fraction of sp³-hybridized carbons (Fsp3) is 0.333. The first-order valence-corrected chi connectivity index (χ1v) is 4.39. The second-order valence-electron chi connectivity index (χ2n) is 2.76. The number of aliphatic hydroxyl groups is 1. The number of rotatable bonds is 5. The van der Waals surface area contributed by atoms with Gasteiger partial charge in [0.05, 0.1) is 23.3 Å².